The topological polar surface area (TPSA) is 51.2 Å². The van der Waals surface area contributed by atoms with E-state index in [4.69, 9.17) is 14.2 Å². The third-order valence-electron chi connectivity index (χ3n) is 4.66. The number of carbonyl (C=O) groups excluding carboxylic acids is 1. The van der Waals surface area contributed by atoms with Crippen LogP contribution in [0.25, 0.3) is 0 Å². The minimum Gasteiger partial charge on any atom is -0.493 e. The summed E-state index contributed by atoms with van der Waals surface area (Å²) in [5.74, 6) is 1.41. The molecule has 2 fully saturated rings. The fourth-order valence-electron chi connectivity index (χ4n) is 3.44. The highest BCUT2D eigenvalue weighted by Gasteiger charge is 2.34. The lowest BCUT2D eigenvalue weighted by molar-refractivity contribution is 0.0431. The van der Waals surface area contributed by atoms with Gasteiger partial charge in [-0.1, -0.05) is 6.07 Å². The molecule has 0 unspecified atom stereocenters. The molecule has 2 atom stereocenters. The molecule has 0 radical (unpaired) electrons. The SMILES string of the molecule is COc1cccc(C(=O)N2C[C@@H]3COC[C@H](C2)N(C)C3)c1OC. The molecule has 3 rings (SSSR count). The van der Waals surface area contributed by atoms with E-state index in [1.165, 1.54) is 0 Å². The van der Waals surface area contributed by atoms with Crippen LogP contribution in [-0.2, 0) is 4.74 Å². The number of benzene rings is 1. The molecule has 1 aromatic carbocycles. The van der Waals surface area contributed by atoms with Gasteiger partial charge >= 0.3 is 0 Å². The molecule has 0 spiro atoms. The Kier molecular flexibility index (Phi) is 4.73. The van der Waals surface area contributed by atoms with Gasteiger partial charge in [0.2, 0.25) is 0 Å². The van der Waals surface area contributed by atoms with Gasteiger partial charge in [0, 0.05) is 25.6 Å². The molecular weight excluding hydrogens is 296 g/mol. The fourth-order valence-corrected chi connectivity index (χ4v) is 3.44. The summed E-state index contributed by atoms with van der Waals surface area (Å²) in [6, 6.07) is 5.66. The Morgan fingerprint density at radius 3 is 2.74 bits per heavy atom. The highest BCUT2D eigenvalue weighted by Crippen LogP contribution is 2.32. The lowest BCUT2D eigenvalue weighted by Gasteiger charge is -2.30. The lowest BCUT2D eigenvalue weighted by atomic mass is 10.1. The van der Waals surface area contributed by atoms with Crippen molar-refractivity contribution in [1.82, 2.24) is 9.80 Å². The predicted octanol–water partition coefficient (Wildman–Crippen LogP) is 1.11. The van der Waals surface area contributed by atoms with Crippen LogP contribution >= 0.6 is 0 Å². The molecule has 0 aromatic heterocycles. The number of rotatable bonds is 3. The summed E-state index contributed by atoms with van der Waals surface area (Å²) in [6.07, 6.45) is 0. The number of methoxy groups -OCH3 is 2. The largest absolute Gasteiger partial charge is 0.493 e. The van der Waals surface area contributed by atoms with Gasteiger partial charge in [0.25, 0.3) is 5.91 Å². The smallest absolute Gasteiger partial charge is 0.257 e. The van der Waals surface area contributed by atoms with Crippen molar-refractivity contribution in [2.75, 3.05) is 54.1 Å². The van der Waals surface area contributed by atoms with Crippen LogP contribution in [0.5, 0.6) is 11.5 Å². The molecule has 2 saturated heterocycles. The molecule has 6 nitrogen and oxygen atoms in total. The minimum atomic E-state index is -0.00653. The van der Waals surface area contributed by atoms with Crippen LogP contribution in [0.4, 0.5) is 0 Å². The van der Waals surface area contributed by atoms with Gasteiger partial charge in [0.1, 0.15) is 0 Å². The molecule has 1 amide bonds. The van der Waals surface area contributed by atoms with Crippen molar-refractivity contribution in [1.29, 1.82) is 0 Å². The Balaban J connectivity index is 1.88. The van der Waals surface area contributed by atoms with Crippen LogP contribution < -0.4 is 9.47 Å². The predicted molar refractivity (Wildman–Crippen MR) is 86.2 cm³/mol. The zero-order valence-corrected chi connectivity index (χ0v) is 13.9. The summed E-state index contributed by atoms with van der Waals surface area (Å²) < 4.78 is 16.4. The lowest BCUT2D eigenvalue weighted by Crippen LogP contribution is -2.44. The zero-order chi connectivity index (χ0) is 16.4. The number of likely N-dealkylation sites (N-methyl/N-ethyl adjacent to an activating group) is 1. The average molecular weight is 320 g/mol. The van der Waals surface area contributed by atoms with E-state index in [1.807, 2.05) is 11.0 Å². The number of para-hydroxylation sites is 1. The zero-order valence-electron chi connectivity index (χ0n) is 13.9. The van der Waals surface area contributed by atoms with Crippen molar-refractivity contribution in [2.45, 2.75) is 6.04 Å². The standard InChI is InChI=1S/C17H24N2O4/c1-18-7-12-8-19(9-13(18)11-23-10-12)17(20)14-5-4-6-15(21-2)16(14)22-3/h4-6,12-13H,7-11H2,1-3H3/t12-,13+/m1/s1. The number of amides is 1. The van der Waals surface area contributed by atoms with Crippen LogP contribution in [-0.4, -0.2) is 75.9 Å². The Labute approximate surface area is 136 Å². The van der Waals surface area contributed by atoms with Gasteiger partial charge in [-0.2, -0.15) is 0 Å². The Morgan fingerprint density at radius 1 is 1.17 bits per heavy atom. The maximum atomic E-state index is 13.1. The number of ether oxygens (including phenoxy) is 3. The molecule has 0 N–H and O–H groups in total. The third kappa shape index (κ3) is 3.14. The highest BCUT2D eigenvalue weighted by atomic mass is 16.5. The second kappa shape index (κ2) is 6.76. The van der Waals surface area contributed by atoms with Crippen LogP contribution in [0.15, 0.2) is 18.2 Å². The van der Waals surface area contributed by atoms with Gasteiger partial charge in [0.05, 0.1) is 39.0 Å². The number of hydrogen-bond donors (Lipinski definition) is 0. The first-order valence-electron chi connectivity index (χ1n) is 7.92. The summed E-state index contributed by atoms with van der Waals surface area (Å²) in [5.41, 5.74) is 0.551. The van der Waals surface area contributed by atoms with E-state index in [0.717, 1.165) is 6.54 Å². The maximum Gasteiger partial charge on any atom is 0.257 e. The second-order valence-corrected chi connectivity index (χ2v) is 6.25. The third-order valence-corrected chi connectivity index (χ3v) is 4.66. The van der Waals surface area contributed by atoms with Gasteiger partial charge in [0.15, 0.2) is 11.5 Å². The van der Waals surface area contributed by atoms with E-state index in [9.17, 15) is 4.79 Å². The van der Waals surface area contributed by atoms with Gasteiger partial charge in [-0.05, 0) is 19.2 Å². The molecule has 1 aromatic rings. The molecule has 0 saturated carbocycles. The van der Waals surface area contributed by atoms with Crippen molar-refractivity contribution in [2.24, 2.45) is 5.92 Å². The van der Waals surface area contributed by atoms with Crippen molar-refractivity contribution in [3.05, 3.63) is 23.8 Å². The van der Waals surface area contributed by atoms with E-state index >= 15 is 0 Å². The molecule has 6 heteroatoms. The summed E-state index contributed by atoms with van der Waals surface area (Å²) in [6.45, 7) is 3.72. The van der Waals surface area contributed by atoms with Crippen molar-refractivity contribution >= 4 is 5.91 Å². The molecule has 2 aliphatic heterocycles. The fraction of sp³-hybridized carbons (Fsp3) is 0.588. The first-order chi connectivity index (χ1) is 11.1. The molecule has 126 valence electrons. The first kappa shape index (κ1) is 16.1. The summed E-state index contributed by atoms with van der Waals surface area (Å²) >= 11 is 0. The number of nitrogens with zero attached hydrogens (tertiary/aromatic N) is 2. The molecule has 23 heavy (non-hydrogen) atoms. The Hall–Kier alpha value is -1.79. The van der Waals surface area contributed by atoms with Crippen LogP contribution in [0.3, 0.4) is 0 Å². The Bertz CT molecular complexity index is 578. The van der Waals surface area contributed by atoms with E-state index in [0.29, 0.717) is 49.3 Å². The van der Waals surface area contributed by atoms with Crippen molar-refractivity contribution < 1.29 is 19.0 Å². The van der Waals surface area contributed by atoms with Crippen molar-refractivity contribution in [3.63, 3.8) is 0 Å². The average Bonchev–Trinajstić information content (AvgIpc) is 2.81. The monoisotopic (exact) mass is 320 g/mol. The molecule has 0 aliphatic carbocycles. The van der Waals surface area contributed by atoms with E-state index in [-0.39, 0.29) is 11.9 Å². The summed E-state index contributed by atoms with van der Waals surface area (Å²) in [4.78, 5) is 17.3. The maximum absolute atomic E-state index is 13.1. The highest BCUT2D eigenvalue weighted by molar-refractivity contribution is 5.98. The van der Waals surface area contributed by atoms with Gasteiger partial charge in [-0.15, -0.1) is 0 Å². The summed E-state index contributed by atoms with van der Waals surface area (Å²) in [7, 11) is 5.24. The van der Waals surface area contributed by atoms with E-state index in [1.54, 1.807) is 26.4 Å². The van der Waals surface area contributed by atoms with Crippen LogP contribution in [0, 0.1) is 5.92 Å². The first-order valence-corrected chi connectivity index (χ1v) is 7.92. The normalized spacial score (nSPS) is 24.9. The molecule has 2 heterocycles. The number of hydrogen-bond acceptors (Lipinski definition) is 5. The number of carbonyl (C=O) groups is 1. The van der Waals surface area contributed by atoms with Gasteiger partial charge in [-0.25, -0.2) is 0 Å². The van der Waals surface area contributed by atoms with E-state index < -0.39 is 0 Å². The van der Waals surface area contributed by atoms with E-state index in [2.05, 4.69) is 11.9 Å². The number of fused-ring (bicyclic) bond motifs is 3. The molecule has 2 bridgehead atoms. The summed E-state index contributed by atoms with van der Waals surface area (Å²) in [5, 5.41) is 0. The van der Waals surface area contributed by atoms with Gasteiger partial charge < -0.3 is 19.1 Å². The second-order valence-electron chi connectivity index (χ2n) is 6.25. The van der Waals surface area contributed by atoms with Crippen molar-refractivity contribution in [3.8, 4) is 11.5 Å². The van der Waals surface area contributed by atoms with Crippen LogP contribution in [0.1, 0.15) is 10.4 Å². The Morgan fingerprint density at radius 2 is 2.00 bits per heavy atom. The van der Waals surface area contributed by atoms with Crippen LogP contribution in [0.2, 0.25) is 0 Å². The minimum absolute atomic E-state index is 0.00653. The van der Waals surface area contributed by atoms with Gasteiger partial charge in [-0.3, -0.25) is 9.69 Å². The molecule has 2 aliphatic rings. The molecular formula is C17H24N2O4. The quantitative estimate of drug-likeness (QED) is 0.835.